The third kappa shape index (κ3) is 3.97. The molecule has 1 amide bonds. The van der Waals surface area contributed by atoms with Crippen LogP contribution in [0.1, 0.15) is 41.4 Å². The average molecular weight is 394 g/mol. The van der Waals surface area contributed by atoms with Crippen molar-refractivity contribution in [1.29, 1.82) is 0 Å². The first-order valence-corrected chi connectivity index (χ1v) is 10.1. The van der Waals surface area contributed by atoms with Gasteiger partial charge in [0.25, 0.3) is 0 Å². The summed E-state index contributed by atoms with van der Waals surface area (Å²) >= 11 is 6.02. The Morgan fingerprint density at radius 1 is 1.14 bits per heavy atom. The number of amides is 1. The summed E-state index contributed by atoms with van der Waals surface area (Å²) in [5.74, 6) is 0.546. The number of benzene rings is 2. The number of hydrogen-bond donors (Lipinski definition) is 1. The predicted molar refractivity (Wildman–Crippen MR) is 112 cm³/mol. The molecule has 1 N–H and O–H groups in total. The number of carbonyl (C=O) groups is 1. The van der Waals surface area contributed by atoms with Crippen molar-refractivity contribution in [3.05, 3.63) is 82.1 Å². The molecular formula is C23H24ClN3O. The maximum Gasteiger partial charge on any atom is 0.225 e. The van der Waals surface area contributed by atoms with E-state index in [1.165, 1.54) is 0 Å². The van der Waals surface area contributed by atoms with Crippen molar-refractivity contribution in [2.45, 2.75) is 39.2 Å². The van der Waals surface area contributed by atoms with Gasteiger partial charge in [0.15, 0.2) is 0 Å². The molecule has 3 aromatic rings. The summed E-state index contributed by atoms with van der Waals surface area (Å²) in [5, 5.41) is 8.61. The van der Waals surface area contributed by atoms with Crippen molar-refractivity contribution < 1.29 is 4.79 Å². The molecule has 0 spiro atoms. The summed E-state index contributed by atoms with van der Waals surface area (Å²) in [7, 11) is 0. The molecule has 1 unspecified atom stereocenters. The maximum atomic E-state index is 12.9. The van der Waals surface area contributed by atoms with E-state index in [0.717, 1.165) is 41.0 Å². The van der Waals surface area contributed by atoms with Crippen molar-refractivity contribution in [1.82, 2.24) is 15.1 Å². The summed E-state index contributed by atoms with van der Waals surface area (Å²) in [6, 6.07) is 17.8. The van der Waals surface area contributed by atoms with Crippen LogP contribution in [0.3, 0.4) is 0 Å². The molecule has 4 nitrogen and oxygen atoms in total. The quantitative estimate of drug-likeness (QED) is 0.643. The second-order valence-corrected chi connectivity index (χ2v) is 7.94. The lowest BCUT2D eigenvalue weighted by Gasteiger charge is -2.19. The molecule has 144 valence electrons. The van der Waals surface area contributed by atoms with Crippen molar-refractivity contribution >= 4 is 17.5 Å². The Labute approximate surface area is 170 Å². The van der Waals surface area contributed by atoms with Gasteiger partial charge in [0.2, 0.25) is 5.91 Å². The minimum absolute atomic E-state index is 0.0330. The van der Waals surface area contributed by atoms with E-state index in [2.05, 4.69) is 10.4 Å². The van der Waals surface area contributed by atoms with Crippen LogP contribution in [-0.2, 0) is 11.2 Å². The van der Waals surface area contributed by atoms with E-state index in [4.69, 9.17) is 11.6 Å². The number of aryl methyl sites for hydroxylation is 1. The van der Waals surface area contributed by atoms with Crippen LogP contribution in [-0.4, -0.2) is 15.7 Å². The molecule has 0 aliphatic heterocycles. The van der Waals surface area contributed by atoms with Crippen LogP contribution in [0.4, 0.5) is 0 Å². The second kappa shape index (κ2) is 7.80. The van der Waals surface area contributed by atoms with Crippen molar-refractivity contribution in [3.8, 4) is 5.69 Å². The summed E-state index contributed by atoms with van der Waals surface area (Å²) in [6.45, 7) is 3.99. The molecule has 1 aromatic heterocycles. The average Bonchev–Trinajstić information content (AvgIpc) is 3.50. The monoisotopic (exact) mass is 393 g/mol. The zero-order valence-corrected chi connectivity index (χ0v) is 16.9. The van der Waals surface area contributed by atoms with Gasteiger partial charge in [-0.3, -0.25) is 4.79 Å². The molecule has 5 heteroatoms. The highest BCUT2D eigenvalue weighted by Gasteiger charge is 2.33. The Bertz CT molecular complexity index is 975. The fraction of sp³-hybridized carbons (Fsp3) is 0.304. The third-order valence-electron chi connectivity index (χ3n) is 5.42. The first kappa shape index (κ1) is 18.8. The molecule has 1 fully saturated rings. The third-order valence-corrected chi connectivity index (χ3v) is 5.67. The normalized spacial score (nSPS) is 14.7. The lowest BCUT2D eigenvalue weighted by atomic mass is 10.0. The topological polar surface area (TPSA) is 46.9 Å². The molecule has 1 aliphatic carbocycles. The molecular weight excluding hydrogens is 370 g/mol. The Morgan fingerprint density at radius 2 is 1.82 bits per heavy atom. The first-order chi connectivity index (χ1) is 13.5. The Balaban J connectivity index is 1.52. The van der Waals surface area contributed by atoms with Gasteiger partial charge in [-0.25, -0.2) is 4.68 Å². The number of rotatable bonds is 6. The predicted octanol–water partition coefficient (Wildman–Crippen LogP) is 4.95. The van der Waals surface area contributed by atoms with E-state index >= 15 is 0 Å². The number of nitrogens with one attached hydrogen (secondary N) is 1. The molecule has 28 heavy (non-hydrogen) atoms. The molecule has 1 saturated carbocycles. The zero-order valence-electron chi connectivity index (χ0n) is 16.2. The molecule has 2 aromatic carbocycles. The number of para-hydroxylation sites is 1. The van der Waals surface area contributed by atoms with Gasteiger partial charge in [-0.2, -0.15) is 5.10 Å². The lowest BCUT2D eigenvalue weighted by Crippen LogP contribution is -2.31. The van der Waals surface area contributed by atoms with Gasteiger partial charge in [0.1, 0.15) is 0 Å². The van der Waals surface area contributed by atoms with Crippen LogP contribution in [0.15, 0.2) is 54.6 Å². The number of hydrogen-bond acceptors (Lipinski definition) is 2. The number of nitrogens with zero attached hydrogens (tertiary/aromatic N) is 2. The fourth-order valence-electron chi connectivity index (χ4n) is 3.71. The Kier molecular flexibility index (Phi) is 5.23. The summed E-state index contributed by atoms with van der Waals surface area (Å²) in [5.41, 5.74) is 5.02. The number of carbonyl (C=O) groups excluding carboxylic acids is 1. The van der Waals surface area contributed by atoms with E-state index in [1.54, 1.807) is 0 Å². The summed E-state index contributed by atoms with van der Waals surface area (Å²) in [6.07, 6.45) is 2.64. The van der Waals surface area contributed by atoms with E-state index in [9.17, 15) is 4.79 Å². The van der Waals surface area contributed by atoms with Crippen LogP contribution < -0.4 is 5.32 Å². The fourth-order valence-corrected chi connectivity index (χ4v) is 3.84. The smallest absolute Gasteiger partial charge is 0.225 e. The van der Waals surface area contributed by atoms with Gasteiger partial charge in [-0.15, -0.1) is 0 Å². The minimum Gasteiger partial charge on any atom is -0.349 e. The van der Waals surface area contributed by atoms with Crippen LogP contribution in [0.2, 0.25) is 5.02 Å². The highest BCUT2D eigenvalue weighted by molar-refractivity contribution is 6.30. The second-order valence-electron chi connectivity index (χ2n) is 7.51. The van der Waals surface area contributed by atoms with E-state index < -0.39 is 0 Å². The molecule has 1 atom stereocenters. The Morgan fingerprint density at radius 3 is 2.46 bits per heavy atom. The lowest BCUT2D eigenvalue weighted by molar-refractivity contribution is -0.121. The van der Waals surface area contributed by atoms with Crippen molar-refractivity contribution in [2.75, 3.05) is 0 Å². The van der Waals surface area contributed by atoms with Gasteiger partial charge < -0.3 is 5.32 Å². The first-order valence-electron chi connectivity index (χ1n) is 9.68. The zero-order chi connectivity index (χ0) is 19.7. The van der Waals surface area contributed by atoms with Gasteiger partial charge >= 0.3 is 0 Å². The van der Waals surface area contributed by atoms with Gasteiger partial charge in [0, 0.05) is 16.3 Å². The van der Waals surface area contributed by atoms with Gasteiger partial charge in [-0.05, 0) is 62.4 Å². The Hall–Kier alpha value is -2.59. The number of halogens is 1. The SMILES string of the molecule is Cc1nn(-c2ccccc2)c(C)c1CC(=O)NC(c1ccc(Cl)cc1)C1CC1. The standard InChI is InChI=1S/C23H24ClN3O/c1-15-21(16(2)27(26-15)20-6-4-3-5-7-20)14-22(28)25-23(17-8-9-17)18-10-12-19(24)13-11-18/h3-7,10-13,17,23H,8-9,14H2,1-2H3,(H,25,28). The summed E-state index contributed by atoms with van der Waals surface area (Å²) in [4.78, 5) is 12.9. The highest BCUT2D eigenvalue weighted by Crippen LogP contribution is 2.41. The molecule has 0 saturated heterocycles. The van der Waals surface area contributed by atoms with Crippen molar-refractivity contribution in [2.24, 2.45) is 5.92 Å². The van der Waals surface area contributed by atoms with E-state index in [0.29, 0.717) is 17.4 Å². The molecule has 0 radical (unpaired) electrons. The van der Waals surface area contributed by atoms with Gasteiger partial charge in [-0.1, -0.05) is 41.9 Å². The minimum atomic E-state index is 0.0330. The molecule has 0 bridgehead atoms. The van der Waals surface area contributed by atoms with Gasteiger partial charge in [0.05, 0.1) is 23.8 Å². The van der Waals surface area contributed by atoms with Crippen molar-refractivity contribution in [3.63, 3.8) is 0 Å². The van der Waals surface area contributed by atoms with Crippen LogP contribution in [0.5, 0.6) is 0 Å². The molecule has 4 rings (SSSR count). The molecule has 1 heterocycles. The van der Waals surface area contributed by atoms with E-state index in [1.807, 2.05) is 73.1 Å². The largest absolute Gasteiger partial charge is 0.349 e. The maximum absolute atomic E-state index is 12.9. The van der Waals surface area contributed by atoms with Crippen LogP contribution in [0, 0.1) is 19.8 Å². The summed E-state index contributed by atoms with van der Waals surface area (Å²) < 4.78 is 1.91. The van der Waals surface area contributed by atoms with Crippen LogP contribution in [0.25, 0.3) is 5.69 Å². The van der Waals surface area contributed by atoms with Crippen LogP contribution >= 0.6 is 11.6 Å². The highest BCUT2D eigenvalue weighted by atomic mass is 35.5. The van der Waals surface area contributed by atoms with E-state index in [-0.39, 0.29) is 11.9 Å². The number of aromatic nitrogens is 2. The molecule has 1 aliphatic rings.